The second-order valence-electron chi connectivity index (χ2n) is 2.24. The summed E-state index contributed by atoms with van der Waals surface area (Å²) >= 11 is 7.90. The average Bonchev–Trinajstić information content (AvgIpc) is 2.08. The molecule has 2 nitrogen and oxygen atoms in total. The lowest BCUT2D eigenvalue weighted by Crippen LogP contribution is -1.93. The van der Waals surface area contributed by atoms with Gasteiger partial charge in [0.2, 0.25) is 0 Å². The Kier molecular flexibility index (Phi) is 3.61. The van der Waals surface area contributed by atoms with Crippen molar-refractivity contribution in [1.82, 2.24) is 0 Å². The van der Waals surface area contributed by atoms with Crippen LogP contribution in [0.1, 0.15) is 5.56 Å². The van der Waals surface area contributed by atoms with Gasteiger partial charge in [-0.3, -0.25) is 0 Å². The van der Waals surface area contributed by atoms with E-state index in [0.717, 1.165) is 9.13 Å². The molecule has 1 N–H and O–H groups in total. The predicted molar refractivity (Wildman–Crippen MR) is 56.6 cm³/mol. The van der Waals surface area contributed by atoms with E-state index in [9.17, 15) is 0 Å². The van der Waals surface area contributed by atoms with Gasteiger partial charge in [0.1, 0.15) is 5.75 Å². The molecule has 0 atom stereocenters. The van der Waals surface area contributed by atoms with Crippen molar-refractivity contribution in [3.05, 3.63) is 26.3 Å². The molecule has 0 aliphatic carbocycles. The van der Waals surface area contributed by atoms with Crippen molar-refractivity contribution in [3.8, 4) is 5.75 Å². The maximum absolute atomic E-state index is 8.94. The molecule has 1 aromatic rings. The number of ether oxygens (including phenoxy) is 1. The monoisotopic (exact) mass is 298 g/mol. The Bertz CT molecular complexity index is 263. The number of benzene rings is 1. The van der Waals surface area contributed by atoms with Gasteiger partial charge in [0, 0.05) is 5.02 Å². The molecule has 66 valence electrons. The highest BCUT2D eigenvalue weighted by atomic mass is 127. The first-order chi connectivity index (χ1) is 5.69. The number of hydrogen-bond donors (Lipinski definition) is 1. The van der Waals surface area contributed by atoms with Crippen LogP contribution < -0.4 is 4.74 Å². The van der Waals surface area contributed by atoms with E-state index in [4.69, 9.17) is 21.4 Å². The van der Waals surface area contributed by atoms with Gasteiger partial charge in [-0.25, -0.2) is 0 Å². The van der Waals surface area contributed by atoms with E-state index in [2.05, 4.69) is 22.6 Å². The summed E-state index contributed by atoms with van der Waals surface area (Å²) in [5.74, 6) is 0.701. The van der Waals surface area contributed by atoms with Gasteiger partial charge >= 0.3 is 0 Å². The quantitative estimate of drug-likeness (QED) is 0.850. The van der Waals surface area contributed by atoms with Crippen LogP contribution in [0.4, 0.5) is 0 Å². The van der Waals surface area contributed by atoms with Crippen LogP contribution in [-0.2, 0) is 6.61 Å². The summed E-state index contributed by atoms with van der Waals surface area (Å²) in [7, 11) is 1.58. The third-order valence-corrected chi connectivity index (χ3v) is 2.91. The van der Waals surface area contributed by atoms with Gasteiger partial charge < -0.3 is 9.84 Å². The minimum atomic E-state index is -0.0187. The Balaban J connectivity index is 3.22. The van der Waals surface area contributed by atoms with E-state index in [-0.39, 0.29) is 6.61 Å². The molecule has 0 bridgehead atoms. The highest BCUT2D eigenvalue weighted by Gasteiger charge is 2.06. The first-order valence-electron chi connectivity index (χ1n) is 3.31. The van der Waals surface area contributed by atoms with Crippen molar-refractivity contribution < 1.29 is 9.84 Å². The summed E-state index contributed by atoms with van der Waals surface area (Å²) < 4.78 is 5.97. The summed E-state index contributed by atoms with van der Waals surface area (Å²) in [6.07, 6.45) is 0. The van der Waals surface area contributed by atoms with Crippen molar-refractivity contribution in [2.24, 2.45) is 0 Å². The van der Waals surface area contributed by atoms with Crippen LogP contribution >= 0.6 is 34.2 Å². The number of aliphatic hydroxyl groups excluding tert-OH is 1. The van der Waals surface area contributed by atoms with Crippen LogP contribution in [0.15, 0.2) is 12.1 Å². The van der Waals surface area contributed by atoms with Gasteiger partial charge in [0.15, 0.2) is 0 Å². The molecule has 0 amide bonds. The first-order valence-corrected chi connectivity index (χ1v) is 4.77. The predicted octanol–water partition coefficient (Wildman–Crippen LogP) is 2.45. The fraction of sp³-hybridized carbons (Fsp3) is 0.250. The minimum absolute atomic E-state index is 0.0187. The lowest BCUT2D eigenvalue weighted by atomic mass is 10.2. The average molecular weight is 299 g/mol. The summed E-state index contributed by atoms with van der Waals surface area (Å²) in [5.41, 5.74) is 0.792. The van der Waals surface area contributed by atoms with Crippen molar-refractivity contribution in [2.75, 3.05) is 7.11 Å². The first kappa shape index (κ1) is 10.1. The van der Waals surface area contributed by atoms with Gasteiger partial charge in [0.05, 0.1) is 17.3 Å². The second kappa shape index (κ2) is 4.30. The maximum atomic E-state index is 8.94. The second-order valence-corrected chi connectivity index (χ2v) is 3.75. The third-order valence-electron chi connectivity index (χ3n) is 1.47. The molecular weight excluding hydrogens is 290 g/mol. The molecule has 4 heteroatoms. The summed E-state index contributed by atoms with van der Waals surface area (Å²) in [6, 6.07) is 3.45. The van der Waals surface area contributed by atoms with Gasteiger partial charge in [-0.2, -0.15) is 0 Å². The molecule has 0 unspecified atom stereocenters. The zero-order valence-corrected chi connectivity index (χ0v) is 9.39. The fourth-order valence-corrected chi connectivity index (χ4v) is 1.81. The zero-order valence-electron chi connectivity index (χ0n) is 6.47. The maximum Gasteiger partial charge on any atom is 0.134 e. The molecule has 0 saturated carbocycles. The number of aliphatic hydroxyl groups is 1. The highest BCUT2D eigenvalue weighted by molar-refractivity contribution is 14.1. The van der Waals surface area contributed by atoms with Crippen LogP contribution in [0.3, 0.4) is 0 Å². The molecule has 1 rings (SSSR count). The molecule has 0 spiro atoms. The summed E-state index contributed by atoms with van der Waals surface area (Å²) in [5, 5.41) is 9.52. The summed E-state index contributed by atoms with van der Waals surface area (Å²) in [4.78, 5) is 0. The van der Waals surface area contributed by atoms with E-state index in [1.807, 2.05) is 0 Å². The smallest absolute Gasteiger partial charge is 0.134 e. The molecule has 0 saturated heterocycles. The Labute approximate surface area is 89.6 Å². The molecule has 0 aromatic heterocycles. The Hall–Kier alpha value is -0.000000000000000111. The summed E-state index contributed by atoms with van der Waals surface area (Å²) in [6.45, 7) is -0.0187. The molecule has 0 radical (unpaired) electrons. The van der Waals surface area contributed by atoms with E-state index in [1.54, 1.807) is 19.2 Å². The molecule has 0 aliphatic heterocycles. The standard InChI is InChI=1S/C8H8ClIO2/c1-12-7-3-6(9)2-5(4-11)8(7)10/h2-3,11H,4H2,1H3. The van der Waals surface area contributed by atoms with Crippen molar-refractivity contribution in [3.63, 3.8) is 0 Å². The number of rotatable bonds is 2. The van der Waals surface area contributed by atoms with E-state index >= 15 is 0 Å². The topological polar surface area (TPSA) is 29.5 Å². The minimum Gasteiger partial charge on any atom is -0.496 e. The van der Waals surface area contributed by atoms with Crippen molar-refractivity contribution >= 4 is 34.2 Å². The van der Waals surface area contributed by atoms with Crippen LogP contribution in [0, 0.1) is 3.57 Å². The van der Waals surface area contributed by atoms with Crippen molar-refractivity contribution in [2.45, 2.75) is 6.61 Å². The number of halogens is 2. The molecule has 1 aromatic carbocycles. The molecular formula is C8H8ClIO2. The lowest BCUT2D eigenvalue weighted by molar-refractivity contribution is 0.280. The molecule has 0 aliphatic rings. The SMILES string of the molecule is COc1cc(Cl)cc(CO)c1I. The fourth-order valence-electron chi connectivity index (χ4n) is 0.882. The Morgan fingerprint density at radius 1 is 1.58 bits per heavy atom. The van der Waals surface area contributed by atoms with E-state index < -0.39 is 0 Å². The molecule has 12 heavy (non-hydrogen) atoms. The zero-order chi connectivity index (χ0) is 9.14. The van der Waals surface area contributed by atoms with Crippen LogP contribution in [0.25, 0.3) is 0 Å². The lowest BCUT2D eigenvalue weighted by Gasteiger charge is -2.07. The van der Waals surface area contributed by atoms with Gasteiger partial charge in [-0.15, -0.1) is 0 Å². The largest absolute Gasteiger partial charge is 0.496 e. The van der Waals surface area contributed by atoms with Crippen molar-refractivity contribution in [1.29, 1.82) is 0 Å². The normalized spacial score (nSPS) is 10.0. The van der Waals surface area contributed by atoms with Crippen LogP contribution in [-0.4, -0.2) is 12.2 Å². The van der Waals surface area contributed by atoms with Gasteiger partial charge in [-0.1, -0.05) is 11.6 Å². The molecule has 0 fully saturated rings. The Morgan fingerprint density at radius 3 is 2.75 bits per heavy atom. The number of methoxy groups -OCH3 is 1. The van der Waals surface area contributed by atoms with Gasteiger partial charge in [0.25, 0.3) is 0 Å². The molecule has 0 heterocycles. The van der Waals surface area contributed by atoms with Crippen LogP contribution in [0.5, 0.6) is 5.75 Å². The van der Waals surface area contributed by atoms with E-state index in [0.29, 0.717) is 10.8 Å². The van der Waals surface area contributed by atoms with Gasteiger partial charge in [-0.05, 0) is 40.3 Å². The van der Waals surface area contributed by atoms with E-state index in [1.165, 1.54) is 0 Å². The van der Waals surface area contributed by atoms with Crippen LogP contribution in [0.2, 0.25) is 5.02 Å². The Morgan fingerprint density at radius 2 is 2.25 bits per heavy atom. The highest BCUT2D eigenvalue weighted by Crippen LogP contribution is 2.28. The number of hydrogen-bond acceptors (Lipinski definition) is 2. The third kappa shape index (κ3) is 2.02.